The molecule has 0 saturated carbocycles. The molecule has 2 heterocycles. The quantitative estimate of drug-likeness (QED) is 0.699. The van der Waals surface area contributed by atoms with E-state index < -0.39 is 0 Å². The third-order valence-corrected chi connectivity index (χ3v) is 5.17. The minimum atomic E-state index is -0.183. The number of hydrogen-bond donors (Lipinski definition) is 2. The number of nitrogens with zero attached hydrogens (tertiary/aromatic N) is 3. The van der Waals surface area contributed by atoms with Crippen molar-refractivity contribution in [1.82, 2.24) is 19.8 Å². The Kier molecular flexibility index (Phi) is 5.47. The second-order valence-electron chi connectivity index (χ2n) is 7.33. The lowest BCUT2D eigenvalue weighted by atomic mass is 10.1. The van der Waals surface area contributed by atoms with Crippen molar-refractivity contribution in [2.45, 2.75) is 13.3 Å². The van der Waals surface area contributed by atoms with E-state index in [0.29, 0.717) is 49.4 Å². The average molecular weight is 405 g/mol. The molecule has 2 aromatic carbocycles. The standard InChI is InChI=1S/C22H23N5O3/c1-15(28)25-18-5-2-4-16(12-18)21(29)26-8-3-9-27(11-10-26)22(30)17-6-7-19-20(13-17)24-14-23-19/h2,4-7,12-14H,3,8-11H2,1H3,(H,23,24)(H,25,28). The Hall–Kier alpha value is -3.68. The fraction of sp³-hybridized carbons (Fsp3) is 0.273. The largest absolute Gasteiger partial charge is 0.345 e. The lowest BCUT2D eigenvalue weighted by Gasteiger charge is -2.22. The average Bonchev–Trinajstić information content (AvgIpc) is 3.07. The number of aromatic nitrogens is 2. The molecule has 1 aliphatic rings. The van der Waals surface area contributed by atoms with Crippen molar-refractivity contribution in [3.05, 3.63) is 59.9 Å². The van der Waals surface area contributed by atoms with Crippen molar-refractivity contribution in [2.75, 3.05) is 31.5 Å². The first kappa shape index (κ1) is 19.6. The van der Waals surface area contributed by atoms with Crippen LogP contribution in [0.25, 0.3) is 11.0 Å². The van der Waals surface area contributed by atoms with E-state index >= 15 is 0 Å². The van der Waals surface area contributed by atoms with E-state index in [1.165, 1.54) is 6.92 Å². The first-order valence-electron chi connectivity index (χ1n) is 9.90. The Morgan fingerprint density at radius 2 is 1.63 bits per heavy atom. The molecule has 1 fully saturated rings. The highest BCUT2D eigenvalue weighted by molar-refractivity contribution is 5.98. The third-order valence-electron chi connectivity index (χ3n) is 5.17. The van der Waals surface area contributed by atoms with Crippen LogP contribution in [0.1, 0.15) is 34.1 Å². The van der Waals surface area contributed by atoms with E-state index in [1.54, 1.807) is 46.5 Å². The van der Waals surface area contributed by atoms with Crippen LogP contribution in [0, 0.1) is 0 Å². The SMILES string of the molecule is CC(=O)Nc1cccc(C(=O)N2CCCN(C(=O)c3ccc4nc[nH]c4c3)CC2)c1. The zero-order valence-corrected chi connectivity index (χ0v) is 16.7. The van der Waals surface area contributed by atoms with Gasteiger partial charge in [-0.3, -0.25) is 14.4 Å². The number of carbonyl (C=O) groups excluding carboxylic acids is 3. The molecule has 0 bridgehead atoms. The monoisotopic (exact) mass is 405 g/mol. The van der Waals surface area contributed by atoms with Gasteiger partial charge in [0, 0.05) is 49.9 Å². The Balaban J connectivity index is 1.44. The zero-order valence-electron chi connectivity index (χ0n) is 16.7. The van der Waals surface area contributed by atoms with Gasteiger partial charge in [-0.15, -0.1) is 0 Å². The van der Waals surface area contributed by atoms with Crippen LogP contribution in [0.2, 0.25) is 0 Å². The summed E-state index contributed by atoms with van der Waals surface area (Å²) in [7, 11) is 0. The molecule has 1 aliphatic heterocycles. The van der Waals surface area contributed by atoms with Gasteiger partial charge in [0.25, 0.3) is 11.8 Å². The molecular weight excluding hydrogens is 382 g/mol. The summed E-state index contributed by atoms with van der Waals surface area (Å²) in [5.41, 5.74) is 3.36. The van der Waals surface area contributed by atoms with Gasteiger partial charge >= 0.3 is 0 Å². The maximum Gasteiger partial charge on any atom is 0.253 e. The second kappa shape index (κ2) is 8.36. The Labute approximate surface area is 173 Å². The molecule has 8 nitrogen and oxygen atoms in total. The Morgan fingerprint density at radius 3 is 2.33 bits per heavy atom. The van der Waals surface area contributed by atoms with Crippen molar-refractivity contribution in [3.63, 3.8) is 0 Å². The predicted octanol–water partition coefficient (Wildman–Crippen LogP) is 2.51. The minimum absolute atomic E-state index is 0.0477. The number of hydrogen-bond acceptors (Lipinski definition) is 4. The van der Waals surface area contributed by atoms with Gasteiger partial charge < -0.3 is 20.1 Å². The van der Waals surface area contributed by atoms with Crippen LogP contribution in [0.4, 0.5) is 5.69 Å². The molecule has 0 radical (unpaired) electrons. The van der Waals surface area contributed by atoms with Gasteiger partial charge in [-0.05, 0) is 42.8 Å². The van der Waals surface area contributed by atoms with Crippen LogP contribution in [0.3, 0.4) is 0 Å². The van der Waals surface area contributed by atoms with Gasteiger partial charge in [0.2, 0.25) is 5.91 Å². The highest BCUT2D eigenvalue weighted by Crippen LogP contribution is 2.17. The summed E-state index contributed by atoms with van der Waals surface area (Å²) in [5.74, 6) is -0.333. The summed E-state index contributed by atoms with van der Waals surface area (Å²) in [6.07, 6.45) is 2.31. The number of fused-ring (bicyclic) bond motifs is 1. The van der Waals surface area contributed by atoms with E-state index in [0.717, 1.165) is 11.0 Å². The number of imidazole rings is 1. The summed E-state index contributed by atoms with van der Waals surface area (Å²) >= 11 is 0. The van der Waals surface area contributed by atoms with E-state index in [-0.39, 0.29) is 17.7 Å². The van der Waals surface area contributed by atoms with Gasteiger partial charge in [0.15, 0.2) is 0 Å². The van der Waals surface area contributed by atoms with Gasteiger partial charge in [0.1, 0.15) is 0 Å². The van der Waals surface area contributed by atoms with Crippen LogP contribution in [0.15, 0.2) is 48.8 Å². The van der Waals surface area contributed by atoms with E-state index in [4.69, 9.17) is 0 Å². The van der Waals surface area contributed by atoms with Crippen molar-refractivity contribution in [2.24, 2.45) is 0 Å². The Bertz CT molecular complexity index is 1110. The molecule has 0 spiro atoms. The molecule has 8 heteroatoms. The summed E-state index contributed by atoms with van der Waals surface area (Å²) in [5, 5.41) is 2.70. The van der Waals surface area contributed by atoms with E-state index in [1.807, 2.05) is 12.1 Å². The molecule has 30 heavy (non-hydrogen) atoms. The number of benzene rings is 2. The fourth-order valence-electron chi connectivity index (χ4n) is 3.69. The minimum Gasteiger partial charge on any atom is -0.345 e. The molecule has 0 unspecified atom stereocenters. The first-order chi connectivity index (χ1) is 14.5. The molecule has 1 saturated heterocycles. The van der Waals surface area contributed by atoms with Gasteiger partial charge in [0.05, 0.1) is 17.4 Å². The normalized spacial score (nSPS) is 14.4. The van der Waals surface area contributed by atoms with Crippen LogP contribution in [-0.2, 0) is 4.79 Å². The van der Waals surface area contributed by atoms with Crippen LogP contribution in [-0.4, -0.2) is 63.7 Å². The highest BCUT2D eigenvalue weighted by atomic mass is 16.2. The number of carbonyl (C=O) groups is 3. The van der Waals surface area contributed by atoms with Crippen LogP contribution >= 0.6 is 0 Å². The maximum atomic E-state index is 13.0. The number of anilines is 1. The van der Waals surface area contributed by atoms with Crippen LogP contribution in [0.5, 0.6) is 0 Å². The first-order valence-corrected chi connectivity index (χ1v) is 9.90. The molecule has 0 aliphatic carbocycles. The smallest absolute Gasteiger partial charge is 0.253 e. The maximum absolute atomic E-state index is 13.0. The number of amides is 3. The summed E-state index contributed by atoms with van der Waals surface area (Å²) in [4.78, 5) is 47.9. The molecule has 0 atom stereocenters. The van der Waals surface area contributed by atoms with Gasteiger partial charge in [-0.2, -0.15) is 0 Å². The number of H-pyrrole nitrogens is 1. The van der Waals surface area contributed by atoms with Gasteiger partial charge in [-0.25, -0.2) is 4.98 Å². The number of nitrogens with one attached hydrogen (secondary N) is 2. The number of aromatic amines is 1. The summed E-state index contributed by atoms with van der Waals surface area (Å²) in [6, 6.07) is 12.3. The van der Waals surface area contributed by atoms with Crippen molar-refractivity contribution >= 4 is 34.4 Å². The van der Waals surface area contributed by atoms with Crippen molar-refractivity contribution in [1.29, 1.82) is 0 Å². The fourth-order valence-corrected chi connectivity index (χ4v) is 3.69. The molecule has 3 aromatic rings. The predicted molar refractivity (Wildman–Crippen MR) is 113 cm³/mol. The molecule has 4 rings (SSSR count). The Morgan fingerprint density at radius 1 is 0.933 bits per heavy atom. The van der Waals surface area contributed by atoms with Crippen molar-refractivity contribution in [3.8, 4) is 0 Å². The van der Waals surface area contributed by atoms with E-state index in [2.05, 4.69) is 15.3 Å². The molecule has 1 aromatic heterocycles. The highest BCUT2D eigenvalue weighted by Gasteiger charge is 2.24. The van der Waals surface area contributed by atoms with Crippen LogP contribution < -0.4 is 5.32 Å². The molecule has 3 amide bonds. The third kappa shape index (κ3) is 4.17. The number of rotatable bonds is 3. The summed E-state index contributed by atoms with van der Waals surface area (Å²) in [6.45, 7) is 3.53. The van der Waals surface area contributed by atoms with Gasteiger partial charge in [-0.1, -0.05) is 6.07 Å². The lowest BCUT2D eigenvalue weighted by molar-refractivity contribution is -0.114. The molecular formula is C22H23N5O3. The molecule has 154 valence electrons. The topological polar surface area (TPSA) is 98.4 Å². The second-order valence-corrected chi connectivity index (χ2v) is 7.33. The molecule has 2 N–H and O–H groups in total. The lowest BCUT2D eigenvalue weighted by Crippen LogP contribution is -2.37. The summed E-state index contributed by atoms with van der Waals surface area (Å²) < 4.78 is 0. The zero-order chi connectivity index (χ0) is 21.1. The van der Waals surface area contributed by atoms with E-state index in [9.17, 15) is 14.4 Å². The van der Waals surface area contributed by atoms with Crippen molar-refractivity contribution < 1.29 is 14.4 Å².